The molecule has 0 spiro atoms. The predicted molar refractivity (Wildman–Crippen MR) is 151 cm³/mol. The number of aliphatic hydroxyl groups is 1. The maximum atomic E-state index is 13.1. The number of carbonyl (C=O) groups excluding carboxylic acids is 1. The minimum atomic E-state index is -3.75. The summed E-state index contributed by atoms with van der Waals surface area (Å²) in [6, 6.07) is 31.5. The van der Waals surface area contributed by atoms with Crippen molar-refractivity contribution in [3.8, 4) is 6.07 Å². The lowest BCUT2D eigenvalue weighted by atomic mass is 10.1. The molecule has 40 heavy (non-hydrogen) atoms. The molecule has 0 bridgehead atoms. The summed E-state index contributed by atoms with van der Waals surface area (Å²) in [4.78, 5) is 14.1. The van der Waals surface area contributed by atoms with Gasteiger partial charge in [-0.1, -0.05) is 54.6 Å². The number of esters is 1. The molecule has 0 heterocycles. The van der Waals surface area contributed by atoms with Crippen LogP contribution in [0.15, 0.2) is 113 Å². The highest BCUT2D eigenvalue weighted by Gasteiger charge is 2.19. The Labute approximate surface area is 234 Å². The second kappa shape index (κ2) is 13.2. The van der Waals surface area contributed by atoms with Crippen molar-refractivity contribution in [2.24, 2.45) is 0 Å². The number of nitriles is 1. The van der Waals surface area contributed by atoms with Gasteiger partial charge in [-0.15, -0.1) is 0 Å². The van der Waals surface area contributed by atoms with E-state index in [0.717, 1.165) is 11.1 Å². The first kappa shape index (κ1) is 28.7. The number of ether oxygens (including phenoxy) is 1. The third-order valence-corrected chi connectivity index (χ3v) is 8.40. The van der Waals surface area contributed by atoms with Crippen LogP contribution in [0.3, 0.4) is 0 Å². The van der Waals surface area contributed by atoms with E-state index in [1.165, 1.54) is 31.4 Å². The molecule has 8 heteroatoms. The molecule has 0 fully saturated rings. The van der Waals surface area contributed by atoms with Crippen molar-refractivity contribution in [1.29, 1.82) is 5.26 Å². The van der Waals surface area contributed by atoms with Crippen molar-refractivity contribution in [1.82, 2.24) is 4.90 Å². The molecule has 1 atom stereocenters. The van der Waals surface area contributed by atoms with E-state index in [-0.39, 0.29) is 15.4 Å². The Bertz CT molecular complexity index is 1580. The van der Waals surface area contributed by atoms with Gasteiger partial charge in [-0.2, -0.15) is 5.26 Å². The van der Waals surface area contributed by atoms with E-state index in [1.807, 2.05) is 36.4 Å². The Morgan fingerprint density at radius 2 is 1.55 bits per heavy atom. The molecule has 0 aliphatic rings. The summed E-state index contributed by atoms with van der Waals surface area (Å²) in [6.45, 7) is 1.63. The highest BCUT2D eigenvalue weighted by molar-refractivity contribution is 7.91. The quantitative estimate of drug-likeness (QED) is 0.261. The second-order valence-electron chi connectivity index (χ2n) is 9.39. The summed E-state index contributed by atoms with van der Waals surface area (Å²) >= 11 is 0. The number of hydrogen-bond acceptors (Lipinski definition) is 7. The molecule has 1 N–H and O–H groups in total. The minimum Gasteiger partial charge on any atom is -0.465 e. The Balaban J connectivity index is 1.46. The number of sulfone groups is 1. The van der Waals surface area contributed by atoms with E-state index < -0.39 is 21.9 Å². The molecule has 4 rings (SSSR count). The first-order valence-electron chi connectivity index (χ1n) is 12.8. The molecule has 0 aromatic heterocycles. The van der Waals surface area contributed by atoms with E-state index in [2.05, 4.69) is 15.7 Å². The van der Waals surface area contributed by atoms with E-state index in [9.17, 15) is 23.6 Å². The molecule has 204 valence electrons. The number of methoxy groups -OCH3 is 1. The van der Waals surface area contributed by atoms with Crippen LogP contribution < -0.4 is 0 Å². The van der Waals surface area contributed by atoms with Gasteiger partial charge in [0.1, 0.15) is 0 Å². The lowest BCUT2D eigenvalue weighted by Crippen LogP contribution is -2.30. The Morgan fingerprint density at radius 3 is 2.17 bits per heavy atom. The maximum Gasteiger partial charge on any atom is 0.337 e. The van der Waals surface area contributed by atoms with Gasteiger partial charge >= 0.3 is 5.97 Å². The highest BCUT2D eigenvalue weighted by Crippen LogP contribution is 2.23. The van der Waals surface area contributed by atoms with Crippen LogP contribution in [-0.4, -0.2) is 44.6 Å². The normalized spacial score (nSPS) is 12.1. The van der Waals surface area contributed by atoms with Crippen molar-refractivity contribution in [2.45, 2.75) is 28.9 Å². The lowest BCUT2D eigenvalue weighted by molar-refractivity contribution is 0.0600. The van der Waals surface area contributed by atoms with E-state index >= 15 is 0 Å². The molecule has 0 radical (unpaired) electrons. The summed E-state index contributed by atoms with van der Waals surface area (Å²) in [6.07, 6.45) is -0.124. The minimum absolute atomic E-state index is 0.0939. The number of nitrogens with zero attached hydrogens (tertiary/aromatic N) is 2. The Hall–Kier alpha value is -4.29. The van der Waals surface area contributed by atoms with Gasteiger partial charge in [0, 0.05) is 19.6 Å². The molecule has 4 aromatic carbocycles. The topological polar surface area (TPSA) is 108 Å². The lowest BCUT2D eigenvalue weighted by Gasteiger charge is -2.25. The fraction of sp³-hybridized carbons (Fsp3) is 0.188. The maximum absolute atomic E-state index is 13.1. The van der Waals surface area contributed by atoms with Crippen molar-refractivity contribution < 1.29 is 23.1 Å². The van der Waals surface area contributed by atoms with Crippen molar-refractivity contribution in [3.63, 3.8) is 0 Å². The number of benzene rings is 4. The van der Waals surface area contributed by atoms with Crippen LogP contribution in [0.25, 0.3) is 0 Å². The van der Waals surface area contributed by atoms with Crippen molar-refractivity contribution in [3.05, 3.63) is 131 Å². The molecule has 0 aliphatic heterocycles. The van der Waals surface area contributed by atoms with Crippen molar-refractivity contribution >= 4 is 15.8 Å². The summed E-state index contributed by atoms with van der Waals surface area (Å²) < 4.78 is 30.9. The molecule has 4 aromatic rings. The Morgan fingerprint density at radius 1 is 0.900 bits per heavy atom. The van der Waals surface area contributed by atoms with Crippen LogP contribution in [0.1, 0.15) is 38.7 Å². The Kier molecular flexibility index (Phi) is 9.46. The third kappa shape index (κ3) is 7.21. The SMILES string of the molecule is COC(=O)c1ccc(S(=O)(=O)c2ccc(CCN(Cc3ccccc3)C[C@@H](O)c3cccc(C#N)c3)cc2)cc1. The number of aliphatic hydroxyl groups excluding tert-OH is 1. The summed E-state index contributed by atoms with van der Waals surface area (Å²) in [5, 5.41) is 20.1. The van der Waals surface area contributed by atoms with E-state index in [1.54, 1.807) is 42.5 Å². The number of carbonyl (C=O) groups is 1. The summed E-state index contributed by atoms with van der Waals surface area (Å²) in [7, 11) is -2.48. The van der Waals surface area contributed by atoms with Crippen LogP contribution in [0.2, 0.25) is 0 Å². The van der Waals surface area contributed by atoms with Gasteiger partial charge in [-0.05, 0) is 71.6 Å². The van der Waals surface area contributed by atoms with E-state index in [0.29, 0.717) is 37.2 Å². The van der Waals surface area contributed by atoms with Crippen LogP contribution in [0.4, 0.5) is 0 Å². The molecule has 0 saturated carbocycles. The number of rotatable bonds is 11. The van der Waals surface area contributed by atoms with Gasteiger partial charge in [-0.25, -0.2) is 13.2 Å². The van der Waals surface area contributed by atoms with Gasteiger partial charge in [0.25, 0.3) is 0 Å². The van der Waals surface area contributed by atoms with Crippen LogP contribution >= 0.6 is 0 Å². The summed E-state index contributed by atoms with van der Waals surface area (Å²) in [5.41, 5.74) is 3.53. The van der Waals surface area contributed by atoms with Gasteiger partial charge in [0.2, 0.25) is 9.84 Å². The fourth-order valence-corrected chi connectivity index (χ4v) is 5.65. The monoisotopic (exact) mass is 554 g/mol. The van der Waals surface area contributed by atoms with Crippen LogP contribution in [0, 0.1) is 11.3 Å². The third-order valence-electron chi connectivity index (χ3n) is 6.62. The standard InChI is InChI=1S/C32H30N2O5S/c1-39-32(36)27-12-16-30(17-13-27)40(37,38)29-14-10-24(11-15-29)18-19-34(22-25-6-3-2-4-7-25)23-31(35)28-9-5-8-26(20-28)21-33/h2-17,20,31,35H,18-19,22-23H2,1H3/t31-/m1/s1. The molecule has 0 unspecified atom stereocenters. The average molecular weight is 555 g/mol. The van der Waals surface area contributed by atoms with Crippen molar-refractivity contribution in [2.75, 3.05) is 20.2 Å². The molecular weight excluding hydrogens is 524 g/mol. The predicted octanol–water partition coefficient (Wildman–Crippen LogP) is 4.96. The zero-order valence-corrected chi connectivity index (χ0v) is 22.9. The van der Waals surface area contributed by atoms with Gasteiger partial charge in [0.05, 0.1) is 40.2 Å². The number of hydrogen-bond donors (Lipinski definition) is 1. The van der Waals surface area contributed by atoms with E-state index in [4.69, 9.17) is 0 Å². The largest absolute Gasteiger partial charge is 0.465 e. The first-order chi connectivity index (χ1) is 19.3. The molecule has 0 saturated heterocycles. The average Bonchev–Trinajstić information content (AvgIpc) is 3.00. The van der Waals surface area contributed by atoms with Gasteiger partial charge in [-0.3, -0.25) is 4.90 Å². The first-order valence-corrected chi connectivity index (χ1v) is 14.3. The van der Waals surface area contributed by atoms with Crippen LogP contribution in [-0.2, 0) is 27.5 Å². The van der Waals surface area contributed by atoms with Gasteiger partial charge in [0.15, 0.2) is 0 Å². The zero-order valence-electron chi connectivity index (χ0n) is 22.1. The molecule has 0 amide bonds. The van der Waals surface area contributed by atoms with Gasteiger partial charge < -0.3 is 9.84 Å². The fourth-order valence-electron chi connectivity index (χ4n) is 4.39. The van der Waals surface area contributed by atoms with Crippen LogP contribution in [0.5, 0.6) is 0 Å². The highest BCUT2D eigenvalue weighted by atomic mass is 32.2. The molecule has 0 aliphatic carbocycles. The zero-order chi connectivity index (χ0) is 28.5. The molecular formula is C32H30N2O5S. The summed E-state index contributed by atoms with van der Waals surface area (Å²) in [5.74, 6) is -0.530. The smallest absolute Gasteiger partial charge is 0.337 e. The molecule has 7 nitrogen and oxygen atoms in total. The second-order valence-corrected chi connectivity index (χ2v) is 11.3.